The predicted molar refractivity (Wildman–Crippen MR) is 101 cm³/mol. The number of aryl methyl sites for hydroxylation is 2. The Kier molecular flexibility index (Phi) is 7.77. The lowest BCUT2D eigenvalue weighted by Gasteiger charge is -2.10. The van der Waals surface area contributed by atoms with Crippen LogP contribution in [-0.4, -0.2) is 30.5 Å². The number of ether oxygens (including phenoxy) is 1. The summed E-state index contributed by atoms with van der Waals surface area (Å²) in [4.78, 5) is 10.2. The van der Waals surface area contributed by atoms with Gasteiger partial charge in [-0.05, 0) is 38.5 Å². The Hall–Kier alpha value is -2.22. The molecule has 26 heavy (non-hydrogen) atoms. The Morgan fingerprint density at radius 3 is 2.77 bits per heavy atom. The first-order valence-corrected chi connectivity index (χ1v) is 9.24. The fraction of sp³-hybridized carbons (Fsp3) is 0.444. The molecule has 0 unspecified atom stereocenters. The number of rotatable bonds is 8. The molecule has 1 aromatic carbocycles. The molecule has 2 N–H and O–H groups in total. The van der Waals surface area contributed by atoms with Gasteiger partial charge in [0, 0.05) is 11.4 Å². The van der Waals surface area contributed by atoms with Crippen LogP contribution in [-0.2, 0) is 13.1 Å². The highest BCUT2D eigenvalue weighted by molar-refractivity contribution is 7.11. The molecule has 0 saturated heterocycles. The highest BCUT2D eigenvalue weighted by Gasteiger charge is 2.06. The SMILES string of the molecule is CCNC(=NCc1cccc(OCC(F)F)c1)NCc1nc(C)c(C)s1. The Labute approximate surface area is 156 Å². The van der Waals surface area contributed by atoms with Crippen molar-refractivity contribution in [1.29, 1.82) is 0 Å². The van der Waals surface area contributed by atoms with Crippen molar-refractivity contribution in [3.63, 3.8) is 0 Å². The second-order valence-electron chi connectivity index (χ2n) is 5.65. The molecule has 1 aromatic heterocycles. The molecule has 142 valence electrons. The monoisotopic (exact) mass is 382 g/mol. The zero-order valence-corrected chi connectivity index (χ0v) is 16.0. The second-order valence-corrected chi connectivity index (χ2v) is 6.94. The van der Waals surface area contributed by atoms with Crippen molar-refractivity contribution >= 4 is 17.3 Å². The maximum absolute atomic E-state index is 12.2. The minimum atomic E-state index is -2.49. The molecule has 0 atom stereocenters. The number of hydrogen-bond acceptors (Lipinski definition) is 4. The van der Waals surface area contributed by atoms with Crippen LogP contribution in [0.2, 0.25) is 0 Å². The summed E-state index contributed by atoms with van der Waals surface area (Å²) in [5.74, 6) is 1.10. The number of benzene rings is 1. The van der Waals surface area contributed by atoms with Gasteiger partial charge in [0.05, 0.1) is 18.8 Å². The summed E-state index contributed by atoms with van der Waals surface area (Å²) < 4.78 is 29.5. The topological polar surface area (TPSA) is 58.5 Å². The first-order valence-electron chi connectivity index (χ1n) is 8.43. The van der Waals surface area contributed by atoms with E-state index in [1.165, 1.54) is 4.88 Å². The van der Waals surface area contributed by atoms with E-state index in [4.69, 9.17) is 4.74 Å². The number of alkyl halides is 2. The van der Waals surface area contributed by atoms with Gasteiger partial charge in [0.25, 0.3) is 6.43 Å². The lowest BCUT2D eigenvalue weighted by molar-refractivity contribution is 0.0818. The van der Waals surface area contributed by atoms with Gasteiger partial charge >= 0.3 is 0 Å². The fourth-order valence-corrected chi connectivity index (χ4v) is 3.05. The highest BCUT2D eigenvalue weighted by atomic mass is 32.1. The number of halogens is 2. The third-order valence-electron chi connectivity index (χ3n) is 3.52. The number of nitrogens with zero attached hydrogens (tertiary/aromatic N) is 2. The largest absolute Gasteiger partial charge is 0.488 e. The third-order valence-corrected chi connectivity index (χ3v) is 4.59. The van der Waals surface area contributed by atoms with Crippen LogP contribution in [0.3, 0.4) is 0 Å². The van der Waals surface area contributed by atoms with E-state index in [1.54, 1.807) is 29.5 Å². The van der Waals surface area contributed by atoms with Crippen LogP contribution in [0.1, 0.15) is 28.1 Å². The van der Waals surface area contributed by atoms with E-state index in [0.29, 0.717) is 24.8 Å². The lowest BCUT2D eigenvalue weighted by atomic mass is 10.2. The molecule has 1 heterocycles. The van der Waals surface area contributed by atoms with Gasteiger partial charge in [0.2, 0.25) is 0 Å². The normalized spacial score (nSPS) is 11.7. The van der Waals surface area contributed by atoms with E-state index in [0.717, 1.165) is 22.8 Å². The first-order chi connectivity index (χ1) is 12.5. The van der Waals surface area contributed by atoms with Crippen LogP contribution >= 0.6 is 11.3 Å². The molecule has 5 nitrogen and oxygen atoms in total. The first kappa shape index (κ1) is 20.1. The second kappa shape index (κ2) is 10.1. The van der Waals surface area contributed by atoms with E-state index in [9.17, 15) is 8.78 Å². The van der Waals surface area contributed by atoms with Gasteiger partial charge in [0.1, 0.15) is 17.4 Å². The van der Waals surface area contributed by atoms with Gasteiger partial charge < -0.3 is 15.4 Å². The van der Waals surface area contributed by atoms with Crippen molar-refractivity contribution in [1.82, 2.24) is 15.6 Å². The zero-order valence-electron chi connectivity index (χ0n) is 15.2. The standard InChI is InChI=1S/C18H24F2N4OS/c1-4-21-18(23-10-17-24-12(2)13(3)26-17)22-9-14-6-5-7-15(8-14)25-11-16(19)20/h5-8,16H,4,9-11H2,1-3H3,(H2,21,22,23). The summed E-state index contributed by atoms with van der Waals surface area (Å²) in [6.07, 6.45) is -2.49. The maximum atomic E-state index is 12.2. The van der Waals surface area contributed by atoms with Crippen molar-refractivity contribution in [2.24, 2.45) is 4.99 Å². The summed E-state index contributed by atoms with van der Waals surface area (Å²) in [5, 5.41) is 7.45. The molecule has 2 aromatic rings. The Morgan fingerprint density at radius 1 is 1.31 bits per heavy atom. The maximum Gasteiger partial charge on any atom is 0.272 e. The average Bonchev–Trinajstić information content (AvgIpc) is 2.94. The lowest BCUT2D eigenvalue weighted by Crippen LogP contribution is -2.36. The minimum absolute atomic E-state index is 0.414. The van der Waals surface area contributed by atoms with Gasteiger partial charge in [-0.3, -0.25) is 0 Å². The zero-order chi connectivity index (χ0) is 18.9. The predicted octanol–water partition coefficient (Wildman–Crippen LogP) is 3.66. The van der Waals surface area contributed by atoms with Gasteiger partial charge in [-0.1, -0.05) is 12.1 Å². The number of aromatic nitrogens is 1. The summed E-state index contributed by atoms with van der Waals surface area (Å²) in [5.41, 5.74) is 1.93. The molecular formula is C18H24F2N4OS. The van der Waals surface area contributed by atoms with Gasteiger partial charge in [-0.15, -0.1) is 11.3 Å². The van der Waals surface area contributed by atoms with Crippen LogP contribution in [0, 0.1) is 13.8 Å². The number of guanidine groups is 1. The quantitative estimate of drug-likeness (QED) is 0.540. The van der Waals surface area contributed by atoms with Gasteiger partial charge in [-0.25, -0.2) is 18.8 Å². The summed E-state index contributed by atoms with van der Waals surface area (Å²) in [6.45, 7) is 7.19. The molecule has 0 radical (unpaired) electrons. The van der Waals surface area contributed by atoms with Gasteiger partial charge in [0.15, 0.2) is 5.96 Å². The Bertz CT molecular complexity index is 714. The Morgan fingerprint density at radius 2 is 2.12 bits per heavy atom. The molecule has 0 saturated carbocycles. The molecular weight excluding hydrogens is 358 g/mol. The number of thiazole rings is 1. The summed E-state index contributed by atoms with van der Waals surface area (Å²) in [7, 11) is 0. The van der Waals surface area contributed by atoms with Crippen molar-refractivity contribution in [2.45, 2.75) is 40.3 Å². The number of aliphatic imine (C=N–C) groups is 1. The van der Waals surface area contributed by atoms with Crippen LogP contribution in [0.25, 0.3) is 0 Å². The average molecular weight is 382 g/mol. The van der Waals surface area contributed by atoms with Crippen molar-refractivity contribution in [3.05, 3.63) is 45.4 Å². The third kappa shape index (κ3) is 6.59. The smallest absolute Gasteiger partial charge is 0.272 e. The van der Waals surface area contributed by atoms with E-state index >= 15 is 0 Å². The van der Waals surface area contributed by atoms with Crippen LogP contribution in [0.4, 0.5) is 8.78 Å². The number of hydrogen-bond donors (Lipinski definition) is 2. The van der Waals surface area contributed by atoms with E-state index in [1.807, 2.05) is 19.9 Å². The molecule has 0 aliphatic rings. The molecule has 0 bridgehead atoms. The van der Waals surface area contributed by atoms with E-state index in [2.05, 4.69) is 27.5 Å². The molecule has 0 aliphatic heterocycles. The highest BCUT2D eigenvalue weighted by Crippen LogP contribution is 2.16. The fourth-order valence-electron chi connectivity index (χ4n) is 2.18. The molecule has 0 amide bonds. The molecule has 0 fully saturated rings. The van der Waals surface area contributed by atoms with Crippen LogP contribution in [0.5, 0.6) is 5.75 Å². The van der Waals surface area contributed by atoms with Gasteiger partial charge in [-0.2, -0.15) is 0 Å². The molecule has 2 rings (SSSR count). The van der Waals surface area contributed by atoms with E-state index < -0.39 is 13.0 Å². The molecule has 0 spiro atoms. The minimum Gasteiger partial charge on any atom is -0.488 e. The summed E-state index contributed by atoms with van der Waals surface area (Å²) >= 11 is 1.66. The van der Waals surface area contributed by atoms with E-state index in [-0.39, 0.29) is 0 Å². The van der Waals surface area contributed by atoms with Crippen LogP contribution in [0.15, 0.2) is 29.3 Å². The van der Waals surface area contributed by atoms with Crippen molar-refractivity contribution in [3.8, 4) is 5.75 Å². The van der Waals surface area contributed by atoms with Crippen molar-refractivity contribution in [2.75, 3.05) is 13.2 Å². The molecule has 8 heteroatoms. The van der Waals surface area contributed by atoms with Crippen LogP contribution < -0.4 is 15.4 Å². The van der Waals surface area contributed by atoms with Crippen molar-refractivity contribution < 1.29 is 13.5 Å². The Balaban J connectivity index is 1.96. The number of nitrogens with one attached hydrogen (secondary N) is 2. The molecule has 0 aliphatic carbocycles. The summed E-state index contributed by atoms with van der Waals surface area (Å²) in [6, 6.07) is 7.04.